The molecule has 0 aromatic heterocycles. The normalized spacial score (nSPS) is 11.9. The number of thiocarbonyl (C=S) groups is 1. The molecule has 0 amide bonds. The Kier molecular flexibility index (Phi) is 3.86. The van der Waals surface area contributed by atoms with Gasteiger partial charge < -0.3 is 0 Å². The van der Waals surface area contributed by atoms with E-state index in [4.69, 9.17) is 0 Å². The zero-order valence-corrected chi connectivity index (χ0v) is 8.44. The molecule has 0 aliphatic heterocycles. The molecule has 1 rings (SSSR count). The number of hydrogen-bond acceptors (Lipinski definition) is 2. The molecule has 1 aromatic carbocycles. The Morgan fingerprint density at radius 3 is 2.36 bits per heavy atom. The summed E-state index contributed by atoms with van der Waals surface area (Å²) in [5.41, 5.74) is 0.488. The minimum atomic E-state index is -0.599. The molecular weight excluding hydrogens is 204 g/mol. The van der Waals surface area contributed by atoms with Crippen molar-refractivity contribution in [2.75, 3.05) is 0 Å². The van der Waals surface area contributed by atoms with Crippen molar-refractivity contribution in [1.29, 1.82) is 0 Å². The Hall–Kier alpha value is -1.12. The van der Waals surface area contributed by atoms with E-state index in [1.165, 1.54) is 12.1 Å². The van der Waals surface area contributed by atoms with E-state index < -0.39 is 11.6 Å². The van der Waals surface area contributed by atoms with Crippen LogP contribution in [0.4, 0.5) is 8.78 Å². The molecule has 0 heterocycles. The summed E-state index contributed by atoms with van der Waals surface area (Å²) in [7, 11) is 0. The maximum absolute atomic E-state index is 12.8. The zero-order chi connectivity index (χ0) is 10.6. The first-order valence-corrected chi connectivity index (χ1v) is 4.61. The highest BCUT2D eigenvalue weighted by Gasteiger charge is 2.09. The molecule has 1 aromatic rings. The quantitative estimate of drug-likeness (QED) is 0.552. The van der Waals surface area contributed by atoms with Crippen LogP contribution in [-0.2, 0) is 0 Å². The number of aliphatic imine (C=N–C) groups is 1. The fraction of sp³-hybridized carbons (Fsp3) is 0.300. The highest BCUT2D eigenvalue weighted by Crippen LogP contribution is 2.22. The third-order valence-corrected chi connectivity index (χ3v) is 1.97. The number of halogens is 2. The molecule has 74 valence electrons. The number of nitrogens with zero attached hydrogens (tertiary/aromatic N) is 1. The lowest BCUT2D eigenvalue weighted by atomic mass is 10.1. The van der Waals surface area contributed by atoms with E-state index in [1.54, 1.807) is 0 Å². The summed E-state index contributed by atoms with van der Waals surface area (Å²) in [4.78, 5) is 3.83. The molecule has 0 N–H and O–H groups in total. The van der Waals surface area contributed by atoms with E-state index in [-0.39, 0.29) is 6.04 Å². The topological polar surface area (TPSA) is 12.4 Å². The highest BCUT2D eigenvalue weighted by atomic mass is 32.1. The monoisotopic (exact) mass is 213 g/mol. The SMILES string of the molecule is CCC(N=C=S)c1cc(F)cc(F)c1. The van der Waals surface area contributed by atoms with Gasteiger partial charge in [-0.05, 0) is 36.3 Å². The van der Waals surface area contributed by atoms with E-state index >= 15 is 0 Å². The average Bonchev–Trinajstić information content (AvgIpc) is 2.12. The Morgan fingerprint density at radius 2 is 1.93 bits per heavy atom. The van der Waals surface area contributed by atoms with Crippen molar-refractivity contribution < 1.29 is 8.78 Å². The number of isothiocyanates is 1. The maximum atomic E-state index is 12.8. The standard InChI is InChI=1S/C10H9F2NS/c1-2-10(13-6-14)7-3-8(11)5-9(12)4-7/h3-5,10H,2H2,1H3. The molecule has 1 atom stereocenters. The summed E-state index contributed by atoms with van der Waals surface area (Å²) >= 11 is 4.46. The van der Waals surface area contributed by atoms with Crippen LogP contribution in [0.15, 0.2) is 23.2 Å². The lowest BCUT2D eigenvalue weighted by molar-refractivity contribution is 0.572. The van der Waals surface area contributed by atoms with Crippen LogP contribution < -0.4 is 0 Å². The maximum Gasteiger partial charge on any atom is 0.126 e. The van der Waals surface area contributed by atoms with E-state index in [1.807, 2.05) is 6.92 Å². The van der Waals surface area contributed by atoms with Crippen LogP contribution >= 0.6 is 12.2 Å². The van der Waals surface area contributed by atoms with Gasteiger partial charge >= 0.3 is 0 Å². The molecule has 0 aliphatic carbocycles. The minimum absolute atomic E-state index is 0.308. The minimum Gasteiger partial charge on any atom is -0.224 e. The third kappa shape index (κ3) is 2.69. The van der Waals surface area contributed by atoms with Gasteiger partial charge in [-0.2, -0.15) is 0 Å². The summed E-state index contributed by atoms with van der Waals surface area (Å²) in [6.45, 7) is 1.86. The summed E-state index contributed by atoms with van der Waals surface area (Å²) in [6.07, 6.45) is 0.631. The third-order valence-electron chi connectivity index (χ3n) is 1.86. The van der Waals surface area contributed by atoms with Crippen LogP contribution in [0.1, 0.15) is 24.9 Å². The predicted octanol–water partition coefficient (Wildman–Crippen LogP) is 3.52. The van der Waals surface area contributed by atoms with Crippen LogP contribution in [0.5, 0.6) is 0 Å². The average molecular weight is 213 g/mol. The Morgan fingerprint density at radius 1 is 1.36 bits per heavy atom. The van der Waals surface area contributed by atoms with Gasteiger partial charge in [0.05, 0.1) is 11.2 Å². The molecule has 0 saturated heterocycles. The van der Waals surface area contributed by atoms with Gasteiger partial charge in [-0.25, -0.2) is 13.8 Å². The van der Waals surface area contributed by atoms with E-state index in [0.717, 1.165) is 6.07 Å². The fourth-order valence-electron chi connectivity index (χ4n) is 1.23. The lowest BCUT2D eigenvalue weighted by Gasteiger charge is -2.08. The second-order valence-electron chi connectivity index (χ2n) is 2.85. The summed E-state index contributed by atoms with van der Waals surface area (Å²) < 4.78 is 25.7. The first kappa shape index (κ1) is 11.0. The second kappa shape index (κ2) is 4.94. The molecule has 0 saturated carbocycles. The van der Waals surface area contributed by atoms with Crippen LogP contribution in [0.3, 0.4) is 0 Å². The Labute approximate surface area is 86.5 Å². The molecule has 0 bridgehead atoms. The molecular formula is C10H9F2NS. The van der Waals surface area contributed by atoms with Gasteiger partial charge in [0.15, 0.2) is 0 Å². The van der Waals surface area contributed by atoms with Crippen molar-refractivity contribution in [3.05, 3.63) is 35.4 Å². The molecule has 14 heavy (non-hydrogen) atoms. The van der Waals surface area contributed by atoms with Gasteiger partial charge in [-0.15, -0.1) is 0 Å². The van der Waals surface area contributed by atoms with E-state index in [2.05, 4.69) is 22.4 Å². The summed E-state index contributed by atoms with van der Waals surface area (Å²) in [5, 5.41) is 2.22. The molecule has 1 unspecified atom stereocenters. The first-order valence-electron chi connectivity index (χ1n) is 4.20. The predicted molar refractivity (Wildman–Crippen MR) is 54.4 cm³/mol. The van der Waals surface area contributed by atoms with Crippen LogP contribution in [-0.4, -0.2) is 5.16 Å². The van der Waals surface area contributed by atoms with Crippen LogP contribution in [0.2, 0.25) is 0 Å². The van der Waals surface area contributed by atoms with Gasteiger partial charge in [0.2, 0.25) is 0 Å². The molecule has 0 fully saturated rings. The number of hydrogen-bond donors (Lipinski definition) is 0. The zero-order valence-electron chi connectivity index (χ0n) is 7.63. The van der Waals surface area contributed by atoms with Gasteiger partial charge in [0, 0.05) is 6.07 Å². The molecule has 0 spiro atoms. The van der Waals surface area contributed by atoms with Crippen LogP contribution in [0, 0.1) is 11.6 Å². The van der Waals surface area contributed by atoms with E-state index in [9.17, 15) is 8.78 Å². The van der Waals surface area contributed by atoms with Gasteiger partial charge in [0.1, 0.15) is 11.6 Å². The van der Waals surface area contributed by atoms with Crippen molar-refractivity contribution in [3.63, 3.8) is 0 Å². The largest absolute Gasteiger partial charge is 0.224 e. The van der Waals surface area contributed by atoms with Crippen molar-refractivity contribution in [1.82, 2.24) is 0 Å². The fourth-order valence-corrected chi connectivity index (χ4v) is 1.36. The van der Waals surface area contributed by atoms with Crippen molar-refractivity contribution in [2.24, 2.45) is 4.99 Å². The van der Waals surface area contributed by atoms with Crippen molar-refractivity contribution >= 4 is 17.4 Å². The number of benzene rings is 1. The number of rotatable bonds is 3. The molecule has 0 radical (unpaired) electrons. The molecule has 1 nitrogen and oxygen atoms in total. The van der Waals surface area contributed by atoms with Crippen molar-refractivity contribution in [3.8, 4) is 0 Å². The second-order valence-corrected chi connectivity index (χ2v) is 3.03. The molecule has 0 aliphatic rings. The van der Waals surface area contributed by atoms with Crippen LogP contribution in [0.25, 0.3) is 0 Å². The van der Waals surface area contributed by atoms with Gasteiger partial charge in [-0.1, -0.05) is 6.92 Å². The highest BCUT2D eigenvalue weighted by molar-refractivity contribution is 7.78. The van der Waals surface area contributed by atoms with Crippen molar-refractivity contribution in [2.45, 2.75) is 19.4 Å². The van der Waals surface area contributed by atoms with Gasteiger partial charge in [0.25, 0.3) is 0 Å². The summed E-state index contributed by atoms with van der Waals surface area (Å²) in [6, 6.07) is 3.04. The lowest BCUT2D eigenvalue weighted by Crippen LogP contribution is -1.95. The smallest absolute Gasteiger partial charge is 0.126 e. The molecule has 4 heteroatoms. The first-order chi connectivity index (χ1) is 6.67. The summed E-state index contributed by atoms with van der Waals surface area (Å²) in [5.74, 6) is -1.20. The Balaban J connectivity index is 3.09. The Bertz CT molecular complexity index is 352. The van der Waals surface area contributed by atoms with Gasteiger partial charge in [-0.3, -0.25) is 0 Å². The van der Waals surface area contributed by atoms with E-state index in [0.29, 0.717) is 12.0 Å².